The molecule has 1 aliphatic rings. The van der Waals surface area contributed by atoms with Crippen LogP contribution >= 0.6 is 0 Å². The summed E-state index contributed by atoms with van der Waals surface area (Å²) in [6.07, 6.45) is 7.18. The van der Waals surface area contributed by atoms with Crippen molar-refractivity contribution in [1.82, 2.24) is 4.90 Å². The Kier molecular flexibility index (Phi) is 6.27. The van der Waals surface area contributed by atoms with E-state index < -0.39 is 5.60 Å². The number of nitrogens with two attached hydrogens (primary N) is 1. The molecule has 4 N–H and O–H groups in total. The minimum absolute atomic E-state index is 0.253. The van der Waals surface area contributed by atoms with Crippen molar-refractivity contribution in [3.63, 3.8) is 0 Å². The van der Waals surface area contributed by atoms with Gasteiger partial charge < -0.3 is 20.9 Å². The van der Waals surface area contributed by atoms with Gasteiger partial charge in [0, 0.05) is 12.0 Å². The zero-order chi connectivity index (χ0) is 15.2. The Bertz CT molecular complexity index is 323. The van der Waals surface area contributed by atoms with Crippen molar-refractivity contribution in [2.75, 3.05) is 20.1 Å². The lowest BCUT2D eigenvalue weighted by Gasteiger charge is -2.29. The van der Waals surface area contributed by atoms with Crippen LogP contribution in [0.3, 0.4) is 0 Å². The fourth-order valence-corrected chi connectivity index (χ4v) is 2.98. The SMILES string of the molecule is CN(CCCCC(C)(C)C(N)=NO)CC1(O)CCCC1. The van der Waals surface area contributed by atoms with Gasteiger partial charge in [-0.1, -0.05) is 38.3 Å². The normalized spacial score (nSPS) is 19.8. The summed E-state index contributed by atoms with van der Waals surface area (Å²) in [6.45, 7) is 5.74. The Morgan fingerprint density at radius 2 is 1.90 bits per heavy atom. The summed E-state index contributed by atoms with van der Waals surface area (Å²) in [6, 6.07) is 0. The molecule has 20 heavy (non-hydrogen) atoms. The molecule has 1 aliphatic carbocycles. The topological polar surface area (TPSA) is 82.1 Å². The molecule has 0 aliphatic heterocycles. The Hall–Kier alpha value is -0.810. The van der Waals surface area contributed by atoms with Gasteiger partial charge in [-0.05, 0) is 39.3 Å². The number of aliphatic hydroxyl groups is 1. The Balaban J connectivity index is 2.20. The average Bonchev–Trinajstić information content (AvgIpc) is 2.80. The van der Waals surface area contributed by atoms with Gasteiger partial charge in [0.15, 0.2) is 0 Å². The van der Waals surface area contributed by atoms with Gasteiger partial charge in [0.25, 0.3) is 0 Å². The summed E-state index contributed by atoms with van der Waals surface area (Å²) in [5.74, 6) is 0.297. The molecule has 5 heteroatoms. The van der Waals surface area contributed by atoms with E-state index in [0.717, 1.165) is 58.0 Å². The third kappa shape index (κ3) is 5.29. The van der Waals surface area contributed by atoms with Gasteiger partial charge in [-0.3, -0.25) is 0 Å². The zero-order valence-corrected chi connectivity index (χ0v) is 13.2. The van der Waals surface area contributed by atoms with Crippen LogP contribution in [-0.2, 0) is 0 Å². The predicted molar refractivity (Wildman–Crippen MR) is 82.0 cm³/mol. The van der Waals surface area contributed by atoms with Crippen LogP contribution in [0.2, 0.25) is 0 Å². The van der Waals surface area contributed by atoms with Crippen LogP contribution in [-0.4, -0.2) is 46.8 Å². The number of oxime groups is 1. The molecule has 118 valence electrons. The molecular formula is C15H31N3O2. The van der Waals surface area contributed by atoms with Crippen molar-refractivity contribution < 1.29 is 10.3 Å². The summed E-state index contributed by atoms with van der Waals surface area (Å²) in [5, 5.41) is 22.2. The number of likely N-dealkylation sites (N-methyl/N-ethyl adjacent to an activating group) is 1. The second-order valence-electron chi connectivity index (χ2n) is 7.00. The van der Waals surface area contributed by atoms with E-state index >= 15 is 0 Å². The summed E-state index contributed by atoms with van der Waals surface area (Å²) in [5.41, 5.74) is 4.97. The molecule has 0 aromatic rings. The first-order valence-electron chi connectivity index (χ1n) is 7.68. The van der Waals surface area contributed by atoms with E-state index in [1.165, 1.54) is 0 Å². The molecule has 0 amide bonds. The maximum absolute atomic E-state index is 10.4. The van der Waals surface area contributed by atoms with Gasteiger partial charge in [0.2, 0.25) is 0 Å². The quantitative estimate of drug-likeness (QED) is 0.210. The number of hydrogen-bond donors (Lipinski definition) is 3. The van der Waals surface area contributed by atoms with Crippen molar-refractivity contribution in [1.29, 1.82) is 0 Å². The molecule has 5 nitrogen and oxygen atoms in total. The minimum atomic E-state index is -0.456. The maximum atomic E-state index is 10.4. The highest BCUT2D eigenvalue weighted by atomic mass is 16.4. The lowest BCUT2D eigenvalue weighted by atomic mass is 9.86. The standard InChI is InChI=1S/C15H31N3O2/c1-14(2,13(16)17-20)8-6-7-11-18(3)12-15(19)9-4-5-10-15/h19-20H,4-12H2,1-3H3,(H2,16,17). The molecule has 1 saturated carbocycles. The van der Waals surface area contributed by atoms with Gasteiger partial charge in [-0.15, -0.1) is 0 Å². The third-order valence-corrected chi connectivity index (χ3v) is 4.49. The Labute approximate surface area is 122 Å². The molecule has 0 atom stereocenters. The fourth-order valence-electron chi connectivity index (χ4n) is 2.98. The predicted octanol–water partition coefficient (Wildman–Crippen LogP) is 2.17. The van der Waals surface area contributed by atoms with Crippen LogP contribution in [0.15, 0.2) is 5.16 Å². The number of unbranched alkanes of at least 4 members (excludes halogenated alkanes) is 1. The maximum Gasteiger partial charge on any atom is 0.144 e. The molecule has 0 aromatic carbocycles. The molecule has 0 radical (unpaired) electrons. The number of amidine groups is 1. The molecule has 1 rings (SSSR count). The first kappa shape index (κ1) is 17.2. The molecule has 0 spiro atoms. The zero-order valence-electron chi connectivity index (χ0n) is 13.2. The third-order valence-electron chi connectivity index (χ3n) is 4.49. The number of hydrogen-bond acceptors (Lipinski definition) is 4. The van der Waals surface area contributed by atoms with Crippen LogP contribution in [0.25, 0.3) is 0 Å². The van der Waals surface area contributed by atoms with Gasteiger partial charge in [0.1, 0.15) is 5.84 Å². The van der Waals surface area contributed by atoms with E-state index in [-0.39, 0.29) is 5.41 Å². The minimum Gasteiger partial charge on any atom is -0.409 e. The van der Waals surface area contributed by atoms with Crippen LogP contribution in [0.4, 0.5) is 0 Å². The van der Waals surface area contributed by atoms with Gasteiger partial charge in [0.05, 0.1) is 5.60 Å². The number of nitrogens with zero attached hydrogens (tertiary/aromatic N) is 2. The second-order valence-corrected chi connectivity index (χ2v) is 7.00. The molecule has 0 aromatic heterocycles. The van der Waals surface area contributed by atoms with E-state index in [2.05, 4.69) is 17.1 Å². The Morgan fingerprint density at radius 1 is 1.30 bits per heavy atom. The highest BCUT2D eigenvalue weighted by Crippen LogP contribution is 2.30. The summed E-state index contributed by atoms with van der Waals surface area (Å²) in [7, 11) is 2.07. The first-order chi connectivity index (χ1) is 9.29. The van der Waals surface area contributed by atoms with E-state index in [0.29, 0.717) is 5.84 Å². The van der Waals surface area contributed by atoms with Crippen molar-refractivity contribution in [3.8, 4) is 0 Å². The van der Waals surface area contributed by atoms with Gasteiger partial charge >= 0.3 is 0 Å². The molecule has 0 bridgehead atoms. The Morgan fingerprint density at radius 3 is 2.45 bits per heavy atom. The molecule has 0 saturated heterocycles. The van der Waals surface area contributed by atoms with Crippen molar-refractivity contribution in [2.24, 2.45) is 16.3 Å². The first-order valence-corrected chi connectivity index (χ1v) is 7.68. The molecule has 1 fully saturated rings. The van der Waals surface area contributed by atoms with Crippen molar-refractivity contribution in [3.05, 3.63) is 0 Å². The van der Waals surface area contributed by atoms with Crippen LogP contribution < -0.4 is 5.73 Å². The summed E-state index contributed by atoms with van der Waals surface area (Å²) < 4.78 is 0. The molecule has 0 unspecified atom stereocenters. The number of rotatable bonds is 8. The van der Waals surface area contributed by atoms with E-state index in [1.807, 2.05) is 13.8 Å². The van der Waals surface area contributed by atoms with Gasteiger partial charge in [-0.2, -0.15) is 0 Å². The van der Waals surface area contributed by atoms with Gasteiger partial charge in [-0.25, -0.2) is 0 Å². The van der Waals surface area contributed by atoms with Crippen LogP contribution in [0.5, 0.6) is 0 Å². The average molecular weight is 285 g/mol. The lowest BCUT2D eigenvalue weighted by Crippen LogP contribution is -2.39. The fraction of sp³-hybridized carbons (Fsp3) is 0.933. The largest absolute Gasteiger partial charge is 0.409 e. The summed E-state index contributed by atoms with van der Waals surface area (Å²) in [4.78, 5) is 2.22. The van der Waals surface area contributed by atoms with Crippen LogP contribution in [0.1, 0.15) is 58.8 Å². The monoisotopic (exact) mass is 285 g/mol. The smallest absolute Gasteiger partial charge is 0.144 e. The van der Waals surface area contributed by atoms with E-state index in [9.17, 15) is 5.11 Å². The second kappa shape index (κ2) is 7.27. The highest BCUT2D eigenvalue weighted by Gasteiger charge is 2.32. The van der Waals surface area contributed by atoms with E-state index in [4.69, 9.17) is 10.9 Å². The van der Waals surface area contributed by atoms with Crippen molar-refractivity contribution in [2.45, 2.75) is 64.4 Å². The van der Waals surface area contributed by atoms with Crippen LogP contribution in [0, 0.1) is 5.41 Å². The molecular weight excluding hydrogens is 254 g/mol. The van der Waals surface area contributed by atoms with E-state index in [1.54, 1.807) is 0 Å². The highest BCUT2D eigenvalue weighted by molar-refractivity contribution is 5.85. The lowest BCUT2D eigenvalue weighted by molar-refractivity contribution is 0.0160. The van der Waals surface area contributed by atoms with Crippen molar-refractivity contribution >= 4 is 5.84 Å². The summed E-state index contributed by atoms with van der Waals surface area (Å²) >= 11 is 0. The molecule has 0 heterocycles.